The molecule has 0 radical (unpaired) electrons. The molecule has 1 aliphatic heterocycles. The van der Waals surface area contributed by atoms with E-state index in [9.17, 15) is 14.4 Å². The summed E-state index contributed by atoms with van der Waals surface area (Å²) in [5, 5.41) is 11.4. The first-order valence-corrected chi connectivity index (χ1v) is 5.65. The minimum atomic E-state index is -1.10. The number of nitrogens with one attached hydrogen (secondary N) is 1. The van der Waals surface area contributed by atoms with Crippen LogP contribution in [-0.4, -0.2) is 53.2 Å². The summed E-state index contributed by atoms with van der Waals surface area (Å²) in [6, 6.07) is -0.534. The van der Waals surface area contributed by atoms with Crippen LogP contribution in [0.5, 0.6) is 0 Å². The van der Waals surface area contributed by atoms with Crippen molar-refractivity contribution in [3.63, 3.8) is 0 Å². The third-order valence-electron chi connectivity index (χ3n) is 2.51. The van der Waals surface area contributed by atoms with Gasteiger partial charge in [0.25, 0.3) is 0 Å². The third kappa shape index (κ3) is 3.90. The number of rotatable bonds is 2. The Bertz CT molecular complexity index is 350. The molecule has 2 atom stereocenters. The zero-order valence-corrected chi connectivity index (χ0v) is 10.7. The van der Waals surface area contributed by atoms with E-state index in [2.05, 4.69) is 5.32 Å². The Morgan fingerprint density at radius 2 is 2.00 bits per heavy atom. The number of hydrogen-bond acceptors (Lipinski definition) is 4. The van der Waals surface area contributed by atoms with E-state index in [0.717, 1.165) is 4.90 Å². The lowest BCUT2D eigenvalue weighted by Gasteiger charge is -2.22. The molecule has 0 aromatic rings. The summed E-state index contributed by atoms with van der Waals surface area (Å²) >= 11 is 0. The molecule has 0 aromatic carbocycles. The second-order valence-corrected chi connectivity index (χ2v) is 5.24. The topological polar surface area (TPSA) is 95.9 Å². The molecule has 0 aromatic heterocycles. The number of carbonyl (C=O) groups is 3. The fourth-order valence-corrected chi connectivity index (χ4v) is 1.73. The SMILES string of the molecule is CC(C)(C)OC(=O)N[C@@H]1CN(C(=O)O)CC1C=O. The van der Waals surface area contributed by atoms with Crippen LogP contribution in [0.3, 0.4) is 0 Å². The van der Waals surface area contributed by atoms with Crippen LogP contribution in [-0.2, 0) is 9.53 Å². The highest BCUT2D eigenvalue weighted by Crippen LogP contribution is 2.16. The van der Waals surface area contributed by atoms with Gasteiger partial charge >= 0.3 is 12.2 Å². The average molecular weight is 258 g/mol. The normalized spacial score (nSPS) is 23.6. The Hall–Kier alpha value is -1.79. The zero-order chi connectivity index (χ0) is 13.9. The molecule has 1 saturated heterocycles. The van der Waals surface area contributed by atoms with Gasteiger partial charge in [-0.2, -0.15) is 0 Å². The Balaban J connectivity index is 2.58. The lowest BCUT2D eigenvalue weighted by Crippen LogP contribution is -2.43. The molecule has 0 bridgehead atoms. The zero-order valence-electron chi connectivity index (χ0n) is 10.7. The van der Waals surface area contributed by atoms with Crippen molar-refractivity contribution in [3.05, 3.63) is 0 Å². The molecule has 1 heterocycles. The molecular weight excluding hydrogens is 240 g/mol. The molecule has 1 rings (SSSR count). The van der Waals surface area contributed by atoms with Gasteiger partial charge in [-0.1, -0.05) is 0 Å². The van der Waals surface area contributed by atoms with Crippen LogP contribution in [0.2, 0.25) is 0 Å². The maximum atomic E-state index is 11.5. The number of carbonyl (C=O) groups excluding carboxylic acids is 2. The molecule has 1 aliphatic rings. The van der Waals surface area contributed by atoms with Gasteiger partial charge < -0.3 is 24.9 Å². The minimum absolute atomic E-state index is 0.0952. The van der Waals surface area contributed by atoms with Crippen molar-refractivity contribution in [1.29, 1.82) is 0 Å². The van der Waals surface area contributed by atoms with E-state index in [4.69, 9.17) is 9.84 Å². The van der Waals surface area contributed by atoms with Crippen LogP contribution >= 0.6 is 0 Å². The average Bonchev–Trinajstić information content (AvgIpc) is 2.57. The summed E-state index contributed by atoms with van der Waals surface area (Å²) in [4.78, 5) is 34.3. The molecule has 102 valence electrons. The van der Waals surface area contributed by atoms with Crippen LogP contribution < -0.4 is 5.32 Å². The van der Waals surface area contributed by atoms with Crippen LogP contribution in [0.4, 0.5) is 9.59 Å². The number of likely N-dealkylation sites (tertiary alicyclic amines) is 1. The smallest absolute Gasteiger partial charge is 0.407 e. The maximum absolute atomic E-state index is 11.5. The first-order chi connectivity index (χ1) is 8.23. The molecule has 2 amide bonds. The van der Waals surface area contributed by atoms with Crippen molar-refractivity contribution >= 4 is 18.5 Å². The monoisotopic (exact) mass is 258 g/mol. The summed E-state index contributed by atoms with van der Waals surface area (Å²) in [6.45, 7) is 5.36. The van der Waals surface area contributed by atoms with Crippen molar-refractivity contribution in [2.45, 2.75) is 32.4 Å². The first kappa shape index (κ1) is 14.3. The van der Waals surface area contributed by atoms with E-state index in [1.54, 1.807) is 20.8 Å². The van der Waals surface area contributed by atoms with Crippen molar-refractivity contribution in [1.82, 2.24) is 10.2 Å². The highest BCUT2D eigenvalue weighted by molar-refractivity contribution is 5.71. The molecule has 18 heavy (non-hydrogen) atoms. The molecule has 7 heteroatoms. The number of carboxylic acid groups (broad SMARTS) is 1. The highest BCUT2D eigenvalue weighted by Gasteiger charge is 2.36. The maximum Gasteiger partial charge on any atom is 0.407 e. The largest absolute Gasteiger partial charge is 0.465 e. The standard InChI is InChI=1S/C11H18N2O5/c1-11(2,3)18-9(15)12-8-5-13(10(16)17)4-7(8)6-14/h6-8H,4-5H2,1-3H3,(H,12,15)(H,16,17)/t7?,8-/m1/s1. The summed E-state index contributed by atoms with van der Waals surface area (Å²) in [6.07, 6.45) is -1.09. The van der Waals surface area contributed by atoms with Gasteiger partial charge in [-0.3, -0.25) is 0 Å². The van der Waals surface area contributed by atoms with Crippen LogP contribution in [0.15, 0.2) is 0 Å². The van der Waals surface area contributed by atoms with Gasteiger partial charge in [0.05, 0.1) is 12.0 Å². The number of hydrogen-bond donors (Lipinski definition) is 2. The Kier molecular flexibility index (Phi) is 4.15. The first-order valence-electron chi connectivity index (χ1n) is 5.65. The van der Waals surface area contributed by atoms with E-state index >= 15 is 0 Å². The van der Waals surface area contributed by atoms with Gasteiger partial charge in [0.2, 0.25) is 0 Å². The van der Waals surface area contributed by atoms with E-state index < -0.39 is 29.7 Å². The Morgan fingerprint density at radius 1 is 1.39 bits per heavy atom. The van der Waals surface area contributed by atoms with Crippen molar-refractivity contribution in [2.24, 2.45) is 5.92 Å². The number of aldehydes is 1. The number of nitrogens with zero attached hydrogens (tertiary/aromatic N) is 1. The number of amides is 2. The fraction of sp³-hybridized carbons (Fsp3) is 0.727. The summed E-state index contributed by atoms with van der Waals surface area (Å²) in [5.41, 5.74) is -0.633. The lowest BCUT2D eigenvalue weighted by molar-refractivity contribution is -0.111. The van der Waals surface area contributed by atoms with Crippen molar-refractivity contribution in [3.8, 4) is 0 Å². The van der Waals surface area contributed by atoms with E-state index in [1.165, 1.54) is 0 Å². The summed E-state index contributed by atoms with van der Waals surface area (Å²) in [5.74, 6) is -0.534. The molecule has 1 fully saturated rings. The van der Waals surface area contributed by atoms with Gasteiger partial charge in [0, 0.05) is 13.1 Å². The molecule has 0 aliphatic carbocycles. The quantitative estimate of drug-likeness (QED) is 0.710. The van der Waals surface area contributed by atoms with Gasteiger partial charge in [-0.15, -0.1) is 0 Å². The second-order valence-electron chi connectivity index (χ2n) is 5.24. The van der Waals surface area contributed by atoms with Gasteiger partial charge in [0.15, 0.2) is 0 Å². The van der Waals surface area contributed by atoms with Gasteiger partial charge in [-0.05, 0) is 20.8 Å². The molecule has 7 nitrogen and oxygen atoms in total. The highest BCUT2D eigenvalue weighted by atomic mass is 16.6. The van der Waals surface area contributed by atoms with Gasteiger partial charge in [0.1, 0.15) is 11.9 Å². The Morgan fingerprint density at radius 3 is 2.44 bits per heavy atom. The Labute approximate surface area is 105 Å². The minimum Gasteiger partial charge on any atom is -0.465 e. The van der Waals surface area contributed by atoms with Crippen molar-refractivity contribution < 1.29 is 24.2 Å². The number of ether oxygens (including phenoxy) is 1. The summed E-state index contributed by atoms with van der Waals surface area (Å²) in [7, 11) is 0. The predicted octanol–water partition coefficient (Wildman–Crippen LogP) is 0.688. The predicted molar refractivity (Wildman–Crippen MR) is 62.3 cm³/mol. The van der Waals surface area contributed by atoms with Crippen LogP contribution in [0.25, 0.3) is 0 Å². The van der Waals surface area contributed by atoms with Crippen molar-refractivity contribution in [2.75, 3.05) is 13.1 Å². The van der Waals surface area contributed by atoms with E-state index in [0.29, 0.717) is 6.29 Å². The van der Waals surface area contributed by atoms with Crippen LogP contribution in [0.1, 0.15) is 20.8 Å². The number of alkyl carbamates (subject to hydrolysis) is 1. The molecular formula is C11H18N2O5. The van der Waals surface area contributed by atoms with E-state index in [-0.39, 0.29) is 13.1 Å². The second kappa shape index (κ2) is 5.24. The molecule has 0 spiro atoms. The fourth-order valence-electron chi connectivity index (χ4n) is 1.73. The molecule has 0 saturated carbocycles. The third-order valence-corrected chi connectivity index (χ3v) is 2.51. The lowest BCUT2D eigenvalue weighted by atomic mass is 10.1. The van der Waals surface area contributed by atoms with Gasteiger partial charge in [-0.25, -0.2) is 9.59 Å². The summed E-state index contributed by atoms with van der Waals surface area (Å²) < 4.78 is 5.06. The molecule has 1 unspecified atom stereocenters. The molecule has 2 N–H and O–H groups in total. The van der Waals surface area contributed by atoms with Crippen LogP contribution in [0, 0.1) is 5.92 Å². The van der Waals surface area contributed by atoms with E-state index in [1.807, 2.05) is 0 Å².